The van der Waals surface area contributed by atoms with Gasteiger partial charge < -0.3 is 4.90 Å². The number of rotatable bonds is 4. The van der Waals surface area contributed by atoms with Crippen molar-refractivity contribution in [3.63, 3.8) is 0 Å². The minimum Gasteiger partial charge on any atom is -0.337 e. The summed E-state index contributed by atoms with van der Waals surface area (Å²) in [7, 11) is -3.59. The Hall–Kier alpha value is -2.26. The van der Waals surface area contributed by atoms with Crippen LogP contribution in [0.15, 0.2) is 59.5 Å². The van der Waals surface area contributed by atoms with Gasteiger partial charge in [-0.1, -0.05) is 23.7 Å². The number of halogens is 1. The van der Waals surface area contributed by atoms with Gasteiger partial charge in [0.25, 0.3) is 0 Å². The molecule has 1 aliphatic heterocycles. The van der Waals surface area contributed by atoms with E-state index in [-0.39, 0.29) is 23.9 Å². The molecule has 9 heteroatoms. The topological polar surface area (TPSA) is 70.6 Å². The van der Waals surface area contributed by atoms with Crippen molar-refractivity contribution in [2.75, 3.05) is 26.2 Å². The maximum absolute atomic E-state index is 12.7. The van der Waals surface area contributed by atoms with Gasteiger partial charge in [0.05, 0.1) is 15.1 Å². The fourth-order valence-corrected chi connectivity index (χ4v) is 5.53. The van der Waals surface area contributed by atoms with Crippen LogP contribution in [0.4, 0.5) is 0 Å². The summed E-state index contributed by atoms with van der Waals surface area (Å²) in [5.41, 5.74) is 0.908. The lowest BCUT2D eigenvalue weighted by atomic mass is 10.3. The molecule has 0 N–H and O–H groups in total. The summed E-state index contributed by atoms with van der Waals surface area (Å²) in [6.45, 7) is 1.20. The number of hydrogen-bond acceptors (Lipinski definition) is 5. The number of fused-ring (bicyclic) bond motifs is 1. The molecule has 2 heterocycles. The average Bonchev–Trinajstić information content (AvgIpc) is 3.15. The van der Waals surface area contributed by atoms with E-state index in [2.05, 4.69) is 4.98 Å². The molecule has 150 valence electrons. The highest BCUT2D eigenvalue weighted by Crippen LogP contribution is 2.23. The molecule has 1 aliphatic rings. The van der Waals surface area contributed by atoms with Crippen LogP contribution >= 0.6 is 22.9 Å². The molecule has 29 heavy (non-hydrogen) atoms. The molecule has 0 bridgehead atoms. The van der Waals surface area contributed by atoms with Gasteiger partial charge in [-0.25, -0.2) is 13.4 Å². The zero-order valence-electron chi connectivity index (χ0n) is 15.4. The zero-order valence-corrected chi connectivity index (χ0v) is 17.8. The highest BCUT2D eigenvalue weighted by atomic mass is 35.5. The molecule has 4 rings (SSSR count). The summed E-state index contributed by atoms with van der Waals surface area (Å²) in [6, 6.07) is 13.9. The smallest absolute Gasteiger partial charge is 0.246 e. The number of para-hydroxylation sites is 1. The predicted molar refractivity (Wildman–Crippen MR) is 115 cm³/mol. The van der Waals surface area contributed by atoms with Crippen LogP contribution in [0.1, 0.15) is 5.01 Å². The maximum Gasteiger partial charge on any atom is 0.246 e. The van der Waals surface area contributed by atoms with Crippen molar-refractivity contribution in [3.8, 4) is 0 Å². The Morgan fingerprint density at radius 1 is 1.03 bits per heavy atom. The number of hydrogen-bond donors (Lipinski definition) is 0. The average molecular weight is 448 g/mol. The van der Waals surface area contributed by atoms with Crippen molar-refractivity contribution in [1.29, 1.82) is 0 Å². The summed E-state index contributed by atoms with van der Waals surface area (Å²) >= 11 is 7.36. The van der Waals surface area contributed by atoms with Crippen LogP contribution in [-0.4, -0.2) is 54.7 Å². The second-order valence-corrected chi connectivity index (χ2v) is 9.97. The van der Waals surface area contributed by atoms with Crippen molar-refractivity contribution >= 4 is 55.2 Å². The molecule has 0 unspecified atom stereocenters. The third-order valence-corrected chi connectivity index (χ3v) is 7.85. The number of amides is 1. The normalized spacial score (nSPS) is 16.0. The zero-order chi connectivity index (χ0) is 20.4. The summed E-state index contributed by atoms with van der Waals surface area (Å²) in [5, 5.41) is 1.25. The van der Waals surface area contributed by atoms with Crippen LogP contribution in [0, 0.1) is 0 Å². The Kier molecular flexibility index (Phi) is 5.69. The van der Waals surface area contributed by atoms with Gasteiger partial charge in [0.15, 0.2) is 0 Å². The van der Waals surface area contributed by atoms with Crippen LogP contribution in [-0.2, 0) is 14.8 Å². The van der Waals surface area contributed by atoms with Gasteiger partial charge in [0.1, 0.15) is 5.01 Å². The third-order valence-electron chi connectivity index (χ3n) is 4.68. The first kappa shape index (κ1) is 20.0. The van der Waals surface area contributed by atoms with Crippen LogP contribution in [0.3, 0.4) is 0 Å². The van der Waals surface area contributed by atoms with E-state index in [0.29, 0.717) is 18.1 Å². The summed E-state index contributed by atoms with van der Waals surface area (Å²) in [4.78, 5) is 18.8. The summed E-state index contributed by atoms with van der Waals surface area (Å²) in [6.07, 6.45) is 3.21. The van der Waals surface area contributed by atoms with E-state index in [1.165, 1.54) is 33.9 Å². The van der Waals surface area contributed by atoms with Gasteiger partial charge in [-0.05, 0) is 42.5 Å². The first-order valence-corrected chi connectivity index (χ1v) is 11.7. The molecule has 1 saturated heterocycles. The molecule has 1 aromatic heterocycles. The van der Waals surface area contributed by atoms with E-state index in [1.54, 1.807) is 23.1 Å². The standard InChI is InChI=1S/C20H18ClN3O3S2/c21-15-5-7-16(8-6-15)29(26,27)24-13-11-23(12-14-24)20(25)10-9-19-22-17-3-1-2-4-18(17)28-19/h1-10H,11-14H2/b10-9+. The van der Waals surface area contributed by atoms with E-state index in [9.17, 15) is 13.2 Å². The molecule has 6 nitrogen and oxygen atoms in total. The van der Waals surface area contributed by atoms with Gasteiger partial charge in [-0.2, -0.15) is 4.31 Å². The number of nitrogens with zero attached hydrogens (tertiary/aromatic N) is 3. The van der Waals surface area contributed by atoms with Gasteiger partial charge in [0.2, 0.25) is 15.9 Å². The first-order chi connectivity index (χ1) is 13.9. The summed E-state index contributed by atoms with van der Waals surface area (Å²) in [5.74, 6) is -0.146. The Bertz CT molecular complexity index is 1130. The number of thiazole rings is 1. The Labute approximate surface area is 178 Å². The maximum atomic E-state index is 12.7. The Morgan fingerprint density at radius 2 is 1.72 bits per heavy atom. The fraction of sp³-hybridized carbons (Fsp3) is 0.200. The van der Waals surface area contributed by atoms with Gasteiger partial charge in [-0.3, -0.25) is 4.79 Å². The second kappa shape index (κ2) is 8.23. The molecule has 2 aromatic carbocycles. The summed E-state index contributed by atoms with van der Waals surface area (Å²) < 4.78 is 27.9. The first-order valence-electron chi connectivity index (χ1n) is 9.02. The predicted octanol–water partition coefficient (Wildman–Crippen LogP) is 3.50. The molecule has 0 atom stereocenters. The Morgan fingerprint density at radius 3 is 2.41 bits per heavy atom. The Balaban J connectivity index is 1.38. The molecular formula is C20H18ClN3O3S2. The molecule has 1 amide bonds. The lowest BCUT2D eigenvalue weighted by Gasteiger charge is -2.33. The highest BCUT2D eigenvalue weighted by molar-refractivity contribution is 7.89. The van der Waals surface area contributed by atoms with E-state index in [1.807, 2.05) is 24.3 Å². The minimum absolute atomic E-state index is 0.146. The van der Waals surface area contributed by atoms with Crippen LogP contribution < -0.4 is 0 Å². The van der Waals surface area contributed by atoms with E-state index >= 15 is 0 Å². The lowest BCUT2D eigenvalue weighted by molar-refractivity contribution is -0.127. The van der Waals surface area contributed by atoms with Crippen molar-refractivity contribution in [2.24, 2.45) is 0 Å². The third kappa shape index (κ3) is 4.35. The van der Waals surface area contributed by atoms with Crippen LogP contribution in [0.5, 0.6) is 0 Å². The number of sulfonamides is 1. The van der Waals surface area contributed by atoms with E-state index in [4.69, 9.17) is 11.6 Å². The number of carbonyl (C=O) groups excluding carboxylic acids is 1. The van der Waals surface area contributed by atoms with Crippen LogP contribution in [0.2, 0.25) is 5.02 Å². The van der Waals surface area contributed by atoms with Gasteiger partial charge >= 0.3 is 0 Å². The number of aromatic nitrogens is 1. The highest BCUT2D eigenvalue weighted by Gasteiger charge is 2.29. The molecule has 0 radical (unpaired) electrons. The number of piperazine rings is 1. The molecular weight excluding hydrogens is 430 g/mol. The molecule has 1 fully saturated rings. The second-order valence-electron chi connectivity index (χ2n) is 6.54. The van der Waals surface area contributed by atoms with Gasteiger partial charge in [0, 0.05) is 37.3 Å². The minimum atomic E-state index is -3.59. The van der Waals surface area contributed by atoms with Crippen molar-refractivity contribution in [3.05, 3.63) is 64.6 Å². The fourth-order valence-electron chi connectivity index (χ4n) is 3.11. The lowest BCUT2D eigenvalue weighted by Crippen LogP contribution is -2.50. The molecule has 0 aliphatic carbocycles. The van der Waals surface area contributed by atoms with Crippen molar-refractivity contribution in [2.45, 2.75) is 4.90 Å². The molecule has 3 aromatic rings. The monoisotopic (exact) mass is 447 g/mol. The SMILES string of the molecule is O=C(/C=C/c1nc2ccccc2s1)N1CCN(S(=O)(=O)c2ccc(Cl)cc2)CC1. The van der Waals surface area contributed by atoms with Crippen LogP contribution in [0.25, 0.3) is 16.3 Å². The van der Waals surface area contributed by atoms with Gasteiger partial charge in [-0.15, -0.1) is 11.3 Å². The quantitative estimate of drug-likeness (QED) is 0.574. The number of benzene rings is 2. The van der Waals surface area contributed by atoms with Crippen molar-refractivity contribution < 1.29 is 13.2 Å². The van der Waals surface area contributed by atoms with E-state index in [0.717, 1.165) is 15.2 Å². The van der Waals surface area contributed by atoms with E-state index < -0.39 is 10.0 Å². The largest absolute Gasteiger partial charge is 0.337 e. The van der Waals surface area contributed by atoms with Crippen molar-refractivity contribution in [1.82, 2.24) is 14.2 Å². The molecule has 0 spiro atoms. The number of carbonyl (C=O) groups is 1. The molecule has 0 saturated carbocycles.